The predicted molar refractivity (Wildman–Crippen MR) is 143 cm³/mol. The van der Waals surface area contributed by atoms with Gasteiger partial charge in [-0.2, -0.15) is 5.06 Å². The molecule has 0 aliphatic carbocycles. The van der Waals surface area contributed by atoms with E-state index < -0.39 is 53.3 Å². The molecule has 12 heteroatoms. The van der Waals surface area contributed by atoms with E-state index in [1.165, 1.54) is 13.1 Å². The van der Waals surface area contributed by atoms with Crippen LogP contribution in [0.2, 0.25) is 50.4 Å². The fourth-order valence-corrected chi connectivity index (χ4v) is 12.9. The van der Waals surface area contributed by atoms with Crippen LogP contribution in [-0.2, 0) is 9.47 Å². The molecule has 0 bridgehead atoms. The van der Waals surface area contributed by atoms with Gasteiger partial charge in [-0.1, -0.05) is 44.3 Å². The highest BCUT2D eigenvalue weighted by atomic mass is 28.3. The van der Waals surface area contributed by atoms with Crippen molar-refractivity contribution in [3.63, 3.8) is 0 Å². The molecule has 0 rings (SSSR count). The Balaban J connectivity index is 4.49. The summed E-state index contributed by atoms with van der Waals surface area (Å²) in [5.74, 6) is 0. The molecular weight excluding hydrogens is 488 g/mol. The molecule has 6 atom stereocenters. The maximum atomic E-state index is 10.4. The van der Waals surface area contributed by atoms with Crippen LogP contribution in [-0.4, -0.2) is 136 Å². The molecule has 7 N–H and O–H groups in total. The van der Waals surface area contributed by atoms with Crippen molar-refractivity contribution in [3.8, 4) is 0 Å². The fourth-order valence-electron chi connectivity index (χ4n) is 4.27. The highest BCUT2D eigenvalue weighted by Gasteiger charge is 2.34. The molecule has 212 valence electrons. The van der Waals surface area contributed by atoms with Gasteiger partial charge in [-0.3, -0.25) is 0 Å². The van der Waals surface area contributed by atoms with Crippen LogP contribution in [0, 0.1) is 0 Å². The molecular formula is C23H54N2O8Si2. The van der Waals surface area contributed by atoms with Crippen LogP contribution in [0.15, 0.2) is 0 Å². The molecule has 0 aliphatic heterocycles. The number of hydrogen-bond donors (Lipinski definition) is 7. The minimum Gasteiger partial charge on any atom is -0.394 e. The van der Waals surface area contributed by atoms with E-state index >= 15 is 0 Å². The molecule has 6 unspecified atom stereocenters. The number of hydrogen-bond acceptors (Lipinski definition) is 10. The lowest BCUT2D eigenvalue weighted by molar-refractivity contribution is -0.145. The van der Waals surface area contributed by atoms with E-state index in [1.54, 1.807) is 7.05 Å². The molecule has 0 aromatic carbocycles. The number of likely N-dealkylation sites (N-methyl/N-ethyl adjacent to an activating group) is 2. The molecule has 10 nitrogen and oxygen atoms in total. The lowest BCUT2D eigenvalue weighted by atomic mass is 10.0. The highest BCUT2D eigenvalue weighted by Crippen LogP contribution is 2.28. The van der Waals surface area contributed by atoms with Gasteiger partial charge in [0.15, 0.2) is 0 Å². The molecule has 0 fully saturated rings. The standard InChI is InChI=1S/C23H54N2O8Si2/c1-18(33-21(15-26)23(30)22(29)20(28)13-24-2)17-35(6,7)12-11-34(4,5)10-8-9-32-16-19(27)14-25(3)31/h18-24,26-31H,8-17H2,1-7H3. The second-order valence-electron chi connectivity index (χ2n) is 11.5. The predicted octanol–water partition coefficient (Wildman–Crippen LogP) is 0.560. The molecule has 0 saturated carbocycles. The Kier molecular flexibility index (Phi) is 17.5. The summed E-state index contributed by atoms with van der Waals surface area (Å²) in [5, 5.41) is 62.7. The first-order valence-corrected chi connectivity index (χ1v) is 19.6. The van der Waals surface area contributed by atoms with E-state index in [9.17, 15) is 25.5 Å². The average molecular weight is 543 g/mol. The van der Waals surface area contributed by atoms with E-state index in [-0.39, 0.29) is 25.8 Å². The summed E-state index contributed by atoms with van der Waals surface area (Å²) >= 11 is 0. The van der Waals surface area contributed by atoms with Gasteiger partial charge < -0.3 is 45.5 Å². The fraction of sp³-hybridized carbons (Fsp3) is 1.00. The van der Waals surface area contributed by atoms with Gasteiger partial charge in [0.1, 0.15) is 18.3 Å². The van der Waals surface area contributed by atoms with Crippen LogP contribution in [0.3, 0.4) is 0 Å². The molecule has 35 heavy (non-hydrogen) atoms. The Morgan fingerprint density at radius 3 is 2.09 bits per heavy atom. The van der Waals surface area contributed by atoms with Crippen LogP contribution < -0.4 is 5.32 Å². The number of aliphatic hydroxyl groups excluding tert-OH is 5. The van der Waals surface area contributed by atoms with Crippen molar-refractivity contribution in [2.45, 2.75) is 100 Å². The molecule has 0 saturated heterocycles. The van der Waals surface area contributed by atoms with E-state index in [4.69, 9.17) is 14.7 Å². The Morgan fingerprint density at radius 2 is 1.54 bits per heavy atom. The van der Waals surface area contributed by atoms with Gasteiger partial charge in [-0.05, 0) is 26.4 Å². The van der Waals surface area contributed by atoms with Crippen molar-refractivity contribution >= 4 is 16.1 Å². The van der Waals surface area contributed by atoms with Crippen LogP contribution >= 0.6 is 0 Å². The third-order valence-corrected chi connectivity index (χ3v) is 13.5. The molecule has 0 aliphatic rings. The monoisotopic (exact) mass is 542 g/mol. The van der Waals surface area contributed by atoms with Gasteiger partial charge in [-0.15, -0.1) is 0 Å². The number of nitrogens with one attached hydrogen (secondary N) is 1. The zero-order valence-electron chi connectivity index (χ0n) is 23.0. The summed E-state index contributed by atoms with van der Waals surface area (Å²) in [5.41, 5.74) is 0. The van der Waals surface area contributed by atoms with Crippen molar-refractivity contribution < 1.29 is 40.2 Å². The third kappa shape index (κ3) is 16.5. The molecule has 0 radical (unpaired) electrons. The Morgan fingerprint density at radius 1 is 0.943 bits per heavy atom. The quantitative estimate of drug-likeness (QED) is 0.0621. The second-order valence-corrected chi connectivity index (χ2v) is 22.0. The maximum Gasteiger partial charge on any atom is 0.111 e. The van der Waals surface area contributed by atoms with Gasteiger partial charge in [0.05, 0.1) is 38.1 Å². The van der Waals surface area contributed by atoms with Gasteiger partial charge in [0.2, 0.25) is 0 Å². The maximum absolute atomic E-state index is 10.4. The lowest BCUT2D eigenvalue weighted by Gasteiger charge is -2.34. The minimum atomic E-state index is -1.61. The number of ether oxygens (including phenoxy) is 2. The van der Waals surface area contributed by atoms with Crippen LogP contribution in [0.4, 0.5) is 0 Å². The second kappa shape index (κ2) is 17.5. The summed E-state index contributed by atoms with van der Waals surface area (Å²) in [6.45, 7) is 12.1. The SMILES string of the molecule is CNCC(O)C(O)C(O)C(CO)OC(C)C[Si](C)(C)CC[Si](C)(C)CCCOCC(O)CN(C)O. The van der Waals surface area contributed by atoms with Crippen LogP contribution in [0.5, 0.6) is 0 Å². The van der Waals surface area contributed by atoms with Crippen LogP contribution in [0.1, 0.15) is 13.3 Å². The van der Waals surface area contributed by atoms with Crippen molar-refractivity contribution in [1.29, 1.82) is 0 Å². The third-order valence-electron chi connectivity index (χ3n) is 6.37. The Bertz CT molecular complexity index is 546. The van der Waals surface area contributed by atoms with Crippen molar-refractivity contribution in [1.82, 2.24) is 10.4 Å². The topological polar surface area (TPSA) is 155 Å². The highest BCUT2D eigenvalue weighted by molar-refractivity contribution is 6.82. The zero-order chi connectivity index (χ0) is 27.2. The average Bonchev–Trinajstić information content (AvgIpc) is 2.74. The largest absolute Gasteiger partial charge is 0.394 e. The normalized spacial score (nSPS) is 18.3. The summed E-state index contributed by atoms with van der Waals surface area (Å²) in [6, 6.07) is 4.39. The number of aliphatic hydroxyl groups is 5. The van der Waals surface area contributed by atoms with E-state index in [2.05, 4.69) is 31.5 Å². The molecule has 0 aromatic rings. The molecule has 0 heterocycles. The first kappa shape index (κ1) is 35.0. The lowest BCUT2D eigenvalue weighted by Crippen LogP contribution is -2.50. The van der Waals surface area contributed by atoms with E-state index in [0.29, 0.717) is 6.61 Å². The summed E-state index contributed by atoms with van der Waals surface area (Å²) in [7, 11) is 0.122. The van der Waals surface area contributed by atoms with Gasteiger partial charge in [-0.25, -0.2) is 0 Å². The number of hydroxylamine groups is 2. The van der Waals surface area contributed by atoms with E-state index in [1.807, 2.05) is 6.92 Å². The molecule has 0 aromatic heterocycles. The Labute approximate surface area is 214 Å². The smallest absolute Gasteiger partial charge is 0.111 e. The molecule has 0 spiro atoms. The number of nitrogens with zero attached hydrogens (tertiary/aromatic N) is 1. The van der Waals surface area contributed by atoms with Crippen molar-refractivity contribution in [2.24, 2.45) is 0 Å². The summed E-state index contributed by atoms with van der Waals surface area (Å²) in [4.78, 5) is 0. The zero-order valence-corrected chi connectivity index (χ0v) is 25.0. The van der Waals surface area contributed by atoms with Crippen molar-refractivity contribution in [2.75, 3.05) is 47.0 Å². The Hall–Kier alpha value is 0.0338. The number of rotatable bonds is 21. The first-order valence-electron chi connectivity index (χ1n) is 12.7. The van der Waals surface area contributed by atoms with Crippen molar-refractivity contribution in [3.05, 3.63) is 0 Å². The molecule has 0 amide bonds. The summed E-state index contributed by atoms with van der Waals surface area (Å²) in [6.07, 6.45) is -4.82. The van der Waals surface area contributed by atoms with E-state index in [0.717, 1.165) is 29.6 Å². The van der Waals surface area contributed by atoms with Gasteiger partial charge in [0, 0.05) is 36.3 Å². The van der Waals surface area contributed by atoms with Crippen LogP contribution in [0.25, 0.3) is 0 Å². The van der Waals surface area contributed by atoms with Gasteiger partial charge >= 0.3 is 0 Å². The summed E-state index contributed by atoms with van der Waals surface area (Å²) < 4.78 is 11.5. The van der Waals surface area contributed by atoms with Gasteiger partial charge in [0.25, 0.3) is 0 Å². The minimum absolute atomic E-state index is 0.126. The first-order chi connectivity index (χ1) is 16.1.